The molecule has 0 spiro atoms. The van der Waals surface area contributed by atoms with Gasteiger partial charge in [0.25, 0.3) is 0 Å². The summed E-state index contributed by atoms with van der Waals surface area (Å²) in [6, 6.07) is 10.1. The molecule has 0 unspecified atom stereocenters. The molecule has 3 heteroatoms. The Kier molecular flexibility index (Phi) is 5.17. The highest BCUT2D eigenvalue weighted by Gasteiger charge is 2.00. The summed E-state index contributed by atoms with van der Waals surface area (Å²) in [6.45, 7) is 0. The van der Waals surface area contributed by atoms with E-state index < -0.39 is 0 Å². The van der Waals surface area contributed by atoms with Crippen LogP contribution in [0.1, 0.15) is 5.56 Å². The number of nitrogens with zero attached hydrogens (tertiary/aromatic N) is 2. The maximum atomic E-state index is 4.34. The lowest BCUT2D eigenvalue weighted by molar-refractivity contribution is -0.876. The highest BCUT2D eigenvalue weighted by Crippen LogP contribution is 1.96. The van der Waals surface area contributed by atoms with Gasteiger partial charge in [-0.25, -0.2) is 4.59 Å². The summed E-state index contributed by atoms with van der Waals surface area (Å²) in [7, 11) is 6.08. The van der Waals surface area contributed by atoms with Gasteiger partial charge in [0.05, 0.1) is 27.4 Å². The predicted octanol–water partition coefficient (Wildman–Crippen LogP) is -1.27. The third-order valence-electron chi connectivity index (χ3n) is 1.35. The Labute approximate surface area is 96.9 Å². The van der Waals surface area contributed by atoms with Gasteiger partial charge in [0.2, 0.25) is 0 Å². The van der Waals surface area contributed by atoms with Crippen molar-refractivity contribution in [3.8, 4) is 0 Å². The van der Waals surface area contributed by atoms with E-state index in [1.807, 2.05) is 57.7 Å². The van der Waals surface area contributed by atoms with Crippen LogP contribution in [0.3, 0.4) is 0 Å². The van der Waals surface area contributed by atoms with Crippen LogP contribution >= 0.6 is 0 Å². The first-order valence-electron chi connectivity index (χ1n) is 4.00. The van der Waals surface area contributed by atoms with Crippen molar-refractivity contribution in [2.75, 3.05) is 21.1 Å². The summed E-state index contributed by atoms with van der Waals surface area (Å²) in [4.78, 5) is 0. The number of benzene rings is 1. The minimum absolute atomic E-state index is 0. The van der Waals surface area contributed by atoms with Gasteiger partial charge in [-0.05, 0) is 5.56 Å². The first-order valence-corrected chi connectivity index (χ1v) is 4.00. The van der Waals surface area contributed by atoms with Gasteiger partial charge < -0.3 is 24.0 Å². The van der Waals surface area contributed by atoms with E-state index in [1.165, 1.54) is 0 Å². The largest absolute Gasteiger partial charge is 1.00 e. The monoisotopic (exact) mass is 290 g/mol. The van der Waals surface area contributed by atoms with E-state index in [9.17, 15) is 0 Å². The molecule has 0 aromatic heterocycles. The Balaban J connectivity index is 0.00000144. The van der Waals surface area contributed by atoms with E-state index in [-0.39, 0.29) is 24.0 Å². The molecule has 1 aromatic rings. The van der Waals surface area contributed by atoms with Crippen molar-refractivity contribution in [2.45, 2.75) is 0 Å². The third kappa shape index (κ3) is 5.76. The van der Waals surface area contributed by atoms with Gasteiger partial charge in [0, 0.05) is 0 Å². The summed E-state index contributed by atoms with van der Waals surface area (Å²) < 4.78 is 0.606. The molecule has 0 heterocycles. The Hall–Kier alpha value is -0.420. The molecule has 0 N–H and O–H groups in total. The van der Waals surface area contributed by atoms with Gasteiger partial charge in [-0.3, -0.25) is 0 Å². The van der Waals surface area contributed by atoms with Crippen molar-refractivity contribution in [3.63, 3.8) is 0 Å². The molecule has 72 valence electrons. The lowest BCUT2D eigenvalue weighted by Gasteiger charge is -2.14. The first kappa shape index (κ1) is 12.6. The van der Waals surface area contributed by atoms with E-state index in [0.717, 1.165) is 5.56 Å². The topological polar surface area (TPSA) is 12.4 Å². The van der Waals surface area contributed by atoms with Crippen LogP contribution in [-0.2, 0) is 0 Å². The summed E-state index contributed by atoms with van der Waals surface area (Å²) in [6.07, 6.45) is 1.89. The Bertz CT molecular complexity index is 262. The van der Waals surface area contributed by atoms with Crippen molar-refractivity contribution in [1.29, 1.82) is 0 Å². The SMILES string of the molecule is C[N+](C)(C)N=Cc1ccccc1.[I-]. The van der Waals surface area contributed by atoms with Gasteiger partial charge in [-0.15, -0.1) is 0 Å². The third-order valence-corrected chi connectivity index (χ3v) is 1.35. The lowest BCUT2D eigenvalue weighted by Crippen LogP contribution is -3.00. The molecule has 0 aliphatic heterocycles. The smallest absolute Gasteiger partial charge is 0.0923 e. The van der Waals surface area contributed by atoms with Gasteiger partial charge in [-0.2, -0.15) is 0 Å². The van der Waals surface area contributed by atoms with Crippen LogP contribution < -0.4 is 24.0 Å². The van der Waals surface area contributed by atoms with Crippen LogP contribution in [0.25, 0.3) is 0 Å². The number of rotatable bonds is 2. The molecular formula is C10H15IN2. The van der Waals surface area contributed by atoms with Gasteiger partial charge in [0.15, 0.2) is 0 Å². The average Bonchev–Trinajstić information content (AvgIpc) is 2.02. The molecule has 0 amide bonds. The zero-order valence-corrected chi connectivity index (χ0v) is 10.4. The molecule has 13 heavy (non-hydrogen) atoms. The van der Waals surface area contributed by atoms with Crippen molar-refractivity contribution >= 4 is 6.21 Å². The fourth-order valence-corrected chi connectivity index (χ4v) is 0.779. The standard InChI is InChI=1S/C10H15N2.HI/c1-12(2,3)11-9-10-7-5-4-6-8-10;/h4-9H,1-3H3;1H/q+1;/p-1. The predicted molar refractivity (Wildman–Crippen MR) is 52.1 cm³/mol. The Morgan fingerprint density at radius 1 is 1.08 bits per heavy atom. The molecule has 0 radical (unpaired) electrons. The van der Waals surface area contributed by atoms with Crippen LogP contribution in [0.4, 0.5) is 0 Å². The molecule has 0 aliphatic rings. The molecule has 0 atom stereocenters. The van der Waals surface area contributed by atoms with Crippen LogP contribution in [-0.4, -0.2) is 31.9 Å². The number of quaternary nitrogens is 1. The number of halogens is 1. The molecule has 0 aliphatic carbocycles. The van der Waals surface area contributed by atoms with E-state index in [0.29, 0.717) is 4.59 Å². The van der Waals surface area contributed by atoms with Gasteiger partial charge >= 0.3 is 0 Å². The molecule has 0 fully saturated rings. The summed E-state index contributed by atoms with van der Waals surface area (Å²) in [5.74, 6) is 0. The highest BCUT2D eigenvalue weighted by atomic mass is 127. The van der Waals surface area contributed by atoms with Crippen molar-refractivity contribution in [3.05, 3.63) is 35.9 Å². The average molecular weight is 290 g/mol. The van der Waals surface area contributed by atoms with E-state index >= 15 is 0 Å². The molecule has 0 saturated heterocycles. The maximum Gasteiger partial charge on any atom is 0.0923 e. The second-order valence-electron chi connectivity index (χ2n) is 3.60. The summed E-state index contributed by atoms with van der Waals surface area (Å²) >= 11 is 0. The second-order valence-corrected chi connectivity index (χ2v) is 3.60. The van der Waals surface area contributed by atoms with Crippen molar-refractivity contribution < 1.29 is 28.6 Å². The normalized spacial score (nSPS) is 11.3. The van der Waals surface area contributed by atoms with Crippen LogP contribution in [0, 0.1) is 0 Å². The molecule has 1 aromatic carbocycles. The van der Waals surface area contributed by atoms with Crippen LogP contribution in [0.5, 0.6) is 0 Å². The molecule has 0 saturated carbocycles. The number of hydrogen-bond acceptors (Lipinski definition) is 1. The molecular weight excluding hydrogens is 275 g/mol. The quantitative estimate of drug-likeness (QED) is 0.279. The molecule has 2 nitrogen and oxygen atoms in total. The minimum Gasteiger partial charge on any atom is -1.00 e. The number of hydrogen-bond donors (Lipinski definition) is 0. The van der Waals surface area contributed by atoms with Crippen LogP contribution in [0.2, 0.25) is 0 Å². The van der Waals surface area contributed by atoms with Crippen LogP contribution in [0.15, 0.2) is 35.4 Å². The Morgan fingerprint density at radius 2 is 1.62 bits per heavy atom. The van der Waals surface area contributed by atoms with Crippen molar-refractivity contribution in [1.82, 2.24) is 0 Å². The van der Waals surface area contributed by atoms with E-state index in [2.05, 4.69) is 5.10 Å². The van der Waals surface area contributed by atoms with E-state index in [1.54, 1.807) is 0 Å². The lowest BCUT2D eigenvalue weighted by atomic mass is 10.2. The summed E-state index contributed by atoms with van der Waals surface area (Å²) in [5.41, 5.74) is 1.14. The Morgan fingerprint density at radius 3 is 2.08 bits per heavy atom. The van der Waals surface area contributed by atoms with Gasteiger partial charge in [0.1, 0.15) is 0 Å². The summed E-state index contributed by atoms with van der Waals surface area (Å²) in [5, 5.41) is 4.34. The maximum absolute atomic E-state index is 4.34. The second kappa shape index (κ2) is 5.34. The zero-order chi connectivity index (χ0) is 9.03. The van der Waals surface area contributed by atoms with Gasteiger partial charge in [-0.1, -0.05) is 35.4 Å². The molecule has 1 rings (SSSR count). The highest BCUT2D eigenvalue weighted by molar-refractivity contribution is 5.78. The molecule has 0 bridgehead atoms. The minimum atomic E-state index is 0. The van der Waals surface area contributed by atoms with E-state index in [4.69, 9.17) is 0 Å². The zero-order valence-electron chi connectivity index (χ0n) is 8.24. The van der Waals surface area contributed by atoms with Crippen molar-refractivity contribution in [2.24, 2.45) is 5.10 Å². The fourth-order valence-electron chi connectivity index (χ4n) is 0.779. The first-order chi connectivity index (χ1) is 5.58. The fraction of sp³-hybridized carbons (Fsp3) is 0.300.